The molecule has 1 aliphatic carbocycles. The van der Waals surface area contributed by atoms with Crippen LogP contribution in [0.15, 0.2) is 29.3 Å². The average molecular weight is 550 g/mol. The predicted octanol–water partition coefficient (Wildman–Crippen LogP) is 2.41. The maximum Gasteiger partial charge on any atom is 0.223 e. The fraction of sp³-hybridized carbons (Fsp3) is 0.619. The van der Waals surface area contributed by atoms with Crippen LogP contribution in [0.4, 0.5) is 0 Å². The number of carbonyl (C=O) groups is 1. The first-order valence-corrected chi connectivity index (χ1v) is 10.9. The Balaban J connectivity index is 0.00000320. The lowest BCUT2D eigenvalue weighted by Crippen LogP contribution is -2.43. The van der Waals surface area contributed by atoms with Crippen molar-refractivity contribution in [3.05, 3.63) is 34.9 Å². The molecule has 168 valence electrons. The molecule has 2 aliphatic rings. The molecule has 2 fully saturated rings. The highest BCUT2D eigenvalue weighted by Gasteiger charge is 2.29. The maximum absolute atomic E-state index is 11.7. The number of ether oxygens (including phenoxy) is 1. The zero-order valence-corrected chi connectivity index (χ0v) is 20.6. The van der Waals surface area contributed by atoms with E-state index in [1.807, 2.05) is 25.1 Å². The smallest absolute Gasteiger partial charge is 0.223 e. The molecule has 9 heteroatoms. The molecule has 0 radical (unpaired) electrons. The van der Waals surface area contributed by atoms with Gasteiger partial charge < -0.3 is 20.7 Å². The number of carbonyl (C=O) groups excluding carboxylic acids is 1. The molecular weight excluding hydrogens is 517 g/mol. The molecule has 1 aliphatic heterocycles. The minimum atomic E-state index is 0. The van der Waals surface area contributed by atoms with Crippen molar-refractivity contribution in [3.8, 4) is 0 Å². The summed E-state index contributed by atoms with van der Waals surface area (Å²) in [5, 5.41) is 10.3. The summed E-state index contributed by atoms with van der Waals surface area (Å²) in [5.74, 6) is 1.15. The largest absolute Gasteiger partial charge is 0.379 e. The lowest BCUT2D eigenvalue weighted by molar-refractivity contribution is -0.122. The molecule has 7 nitrogen and oxygen atoms in total. The van der Waals surface area contributed by atoms with Crippen molar-refractivity contribution in [1.29, 1.82) is 0 Å². The zero-order chi connectivity index (χ0) is 20.5. The number of aliphatic imine (C=N–C) groups is 1. The molecule has 3 N–H and O–H groups in total. The van der Waals surface area contributed by atoms with Crippen molar-refractivity contribution in [2.45, 2.75) is 25.8 Å². The summed E-state index contributed by atoms with van der Waals surface area (Å²) in [6.07, 6.45) is 2.04. The maximum atomic E-state index is 11.7. The monoisotopic (exact) mass is 549 g/mol. The van der Waals surface area contributed by atoms with Crippen LogP contribution in [0.2, 0.25) is 5.02 Å². The van der Waals surface area contributed by atoms with Crippen LogP contribution in [-0.2, 0) is 9.53 Å². The molecule has 30 heavy (non-hydrogen) atoms. The number of nitrogens with one attached hydrogen (secondary N) is 3. The second kappa shape index (κ2) is 13.3. The van der Waals surface area contributed by atoms with Crippen LogP contribution >= 0.6 is 35.6 Å². The van der Waals surface area contributed by atoms with E-state index in [0.717, 1.165) is 62.2 Å². The Morgan fingerprint density at radius 3 is 2.57 bits per heavy atom. The SMILES string of the molecule is CCNC(=NCC(c1ccccc1Cl)N1CCOCC1)NCCNC(=O)C1CC1.I. The number of nitrogens with zero attached hydrogens (tertiary/aromatic N) is 2. The van der Waals surface area contributed by atoms with E-state index in [4.69, 9.17) is 21.3 Å². The molecule has 1 amide bonds. The van der Waals surface area contributed by atoms with Crippen molar-refractivity contribution in [2.75, 3.05) is 52.5 Å². The van der Waals surface area contributed by atoms with Gasteiger partial charge in [-0.05, 0) is 31.4 Å². The van der Waals surface area contributed by atoms with Gasteiger partial charge in [-0.15, -0.1) is 24.0 Å². The summed E-state index contributed by atoms with van der Waals surface area (Å²) < 4.78 is 5.52. The first-order chi connectivity index (χ1) is 14.2. The van der Waals surface area contributed by atoms with Crippen molar-refractivity contribution >= 4 is 47.4 Å². The van der Waals surface area contributed by atoms with Crippen LogP contribution in [0, 0.1) is 5.92 Å². The molecule has 1 unspecified atom stereocenters. The minimum absolute atomic E-state index is 0. The van der Waals surface area contributed by atoms with Crippen molar-refractivity contribution in [3.63, 3.8) is 0 Å². The van der Waals surface area contributed by atoms with E-state index in [2.05, 4.69) is 26.9 Å². The Bertz CT molecular complexity index is 696. The van der Waals surface area contributed by atoms with Crippen LogP contribution in [-0.4, -0.2) is 69.2 Å². The van der Waals surface area contributed by atoms with Crippen LogP contribution in [0.3, 0.4) is 0 Å². The van der Waals surface area contributed by atoms with Crippen LogP contribution < -0.4 is 16.0 Å². The van der Waals surface area contributed by atoms with Gasteiger partial charge in [0, 0.05) is 43.7 Å². The van der Waals surface area contributed by atoms with E-state index in [0.29, 0.717) is 19.6 Å². The van der Waals surface area contributed by atoms with E-state index in [1.165, 1.54) is 0 Å². The second-order valence-corrected chi connectivity index (χ2v) is 7.80. The van der Waals surface area contributed by atoms with E-state index >= 15 is 0 Å². The van der Waals surface area contributed by atoms with E-state index in [-0.39, 0.29) is 41.8 Å². The van der Waals surface area contributed by atoms with Crippen LogP contribution in [0.25, 0.3) is 0 Å². The van der Waals surface area contributed by atoms with E-state index in [9.17, 15) is 4.79 Å². The number of guanidine groups is 1. The van der Waals surface area contributed by atoms with E-state index in [1.54, 1.807) is 0 Å². The third-order valence-corrected chi connectivity index (χ3v) is 5.53. The Morgan fingerprint density at radius 1 is 1.20 bits per heavy atom. The molecule has 1 saturated carbocycles. The molecule has 1 saturated heterocycles. The first-order valence-electron chi connectivity index (χ1n) is 10.5. The summed E-state index contributed by atoms with van der Waals surface area (Å²) in [7, 11) is 0. The molecule has 0 spiro atoms. The predicted molar refractivity (Wildman–Crippen MR) is 132 cm³/mol. The van der Waals surface area contributed by atoms with Gasteiger partial charge in [0.05, 0.1) is 25.8 Å². The van der Waals surface area contributed by atoms with Crippen LogP contribution in [0.5, 0.6) is 0 Å². The van der Waals surface area contributed by atoms with Gasteiger partial charge in [-0.25, -0.2) is 0 Å². The van der Waals surface area contributed by atoms with Crippen LogP contribution in [0.1, 0.15) is 31.4 Å². The standard InChI is InChI=1S/C21H32ClN5O2.HI/c1-2-23-21(25-10-9-24-20(28)16-7-8-16)26-15-19(27-11-13-29-14-12-27)17-5-3-4-6-18(17)22;/h3-6,16,19H,2,7-15H2,1H3,(H,24,28)(H2,23,25,26);1H. The molecule has 0 bridgehead atoms. The molecule has 1 heterocycles. The Hall–Kier alpha value is -1.10. The number of rotatable bonds is 9. The van der Waals surface area contributed by atoms with Gasteiger partial charge in [0.2, 0.25) is 5.91 Å². The average Bonchev–Trinajstić information content (AvgIpc) is 3.58. The molecular formula is C21H33ClIN5O2. The highest BCUT2D eigenvalue weighted by Crippen LogP contribution is 2.29. The van der Waals surface area contributed by atoms with Gasteiger partial charge in [0.15, 0.2) is 5.96 Å². The summed E-state index contributed by atoms with van der Waals surface area (Å²) in [6, 6.07) is 8.07. The molecule has 1 aromatic carbocycles. The number of amides is 1. The third kappa shape index (κ3) is 7.86. The van der Waals surface area contributed by atoms with Gasteiger partial charge in [0.25, 0.3) is 0 Å². The number of hydrogen-bond donors (Lipinski definition) is 3. The van der Waals surface area contributed by atoms with Crippen molar-refractivity contribution < 1.29 is 9.53 Å². The summed E-state index contributed by atoms with van der Waals surface area (Å²) in [6.45, 7) is 7.82. The number of hydrogen-bond acceptors (Lipinski definition) is 4. The zero-order valence-electron chi connectivity index (χ0n) is 17.5. The molecule has 1 atom stereocenters. The molecule has 1 aromatic rings. The molecule has 3 rings (SSSR count). The summed E-state index contributed by atoms with van der Waals surface area (Å²) in [5.41, 5.74) is 1.09. The lowest BCUT2D eigenvalue weighted by atomic mass is 10.0. The third-order valence-electron chi connectivity index (χ3n) is 5.18. The number of benzene rings is 1. The lowest BCUT2D eigenvalue weighted by Gasteiger charge is -2.34. The first kappa shape index (κ1) is 25.2. The Kier molecular flexibility index (Phi) is 11.2. The number of morpholine rings is 1. The summed E-state index contributed by atoms with van der Waals surface area (Å²) >= 11 is 6.50. The Morgan fingerprint density at radius 2 is 1.90 bits per heavy atom. The van der Waals surface area contributed by atoms with Gasteiger partial charge in [-0.1, -0.05) is 29.8 Å². The Labute approximate surface area is 201 Å². The fourth-order valence-corrected chi connectivity index (χ4v) is 3.68. The summed E-state index contributed by atoms with van der Waals surface area (Å²) in [4.78, 5) is 18.9. The minimum Gasteiger partial charge on any atom is -0.379 e. The van der Waals surface area contributed by atoms with Gasteiger partial charge in [0.1, 0.15) is 0 Å². The fourth-order valence-electron chi connectivity index (χ4n) is 3.42. The second-order valence-electron chi connectivity index (χ2n) is 7.40. The van der Waals surface area contributed by atoms with Crippen molar-refractivity contribution in [2.24, 2.45) is 10.9 Å². The molecule has 0 aromatic heterocycles. The highest BCUT2D eigenvalue weighted by molar-refractivity contribution is 14.0. The van der Waals surface area contributed by atoms with Gasteiger partial charge in [-0.3, -0.25) is 14.7 Å². The normalized spacial score (nSPS) is 18.3. The quantitative estimate of drug-likeness (QED) is 0.191. The highest BCUT2D eigenvalue weighted by atomic mass is 127. The van der Waals surface area contributed by atoms with Gasteiger partial charge >= 0.3 is 0 Å². The van der Waals surface area contributed by atoms with Gasteiger partial charge in [-0.2, -0.15) is 0 Å². The van der Waals surface area contributed by atoms with E-state index < -0.39 is 0 Å². The van der Waals surface area contributed by atoms with Crippen molar-refractivity contribution in [1.82, 2.24) is 20.9 Å². The number of halogens is 2. The topological polar surface area (TPSA) is 78.0 Å².